The van der Waals surface area contributed by atoms with Crippen molar-refractivity contribution in [3.05, 3.63) is 71.8 Å². The van der Waals surface area contributed by atoms with Gasteiger partial charge in [0.05, 0.1) is 12.4 Å². The summed E-state index contributed by atoms with van der Waals surface area (Å²) in [6.45, 7) is 5.94. The molecular weight excluding hydrogens is 521 g/mol. The van der Waals surface area contributed by atoms with E-state index in [1.807, 2.05) is 0 Å². The van der Waals surface area contributed by atoms with Crippen LogP contribution in [0.1, 0.15) is 121 Å². The van der Waals surface area contributed by atoms with Gasteiger partial charge in [-0.15, -0.1) is 11.6 Å². The number of hydrogen-bond donors (Lipinski definition) is 1. The molecule has 4 heteroatoms. The molecule has 1 unspecified atom stereocenters. The van der Waals surface area contributed by atoms with E-state index in [1.165, 1.54) is 114 Å². The summed E-state index contributed by atoms with van der Waals surface area (Å²) in [5.41, 5.74) is 2.67. The smallest absolute Gasteiger partial charge is 0.116 e. The van der Waals surface area contributed by atoms with Crippen molar-refractivity contribution < 1.29 is 22.0 Å². The van der Waals surface area contributed by atoms with Gasteiger partial charge in [-0.2, -0.15) is 0 Å². The van der Waals surface area contributed by atoms with Gasteiger partial charge in [-0.1, -0.05) is 157 Å². The van der Waals surface area contributed by atoms with Crippen LogP contribution in [0, 0.1) is 0 Å². The molecule has 0 radical (unpaired) electrons. The third kappa shape index (κ3) is 17.4. The summed E-state index contributed by atoms with van der Waals surface area (Å²) in [6.07, 6.45) is 21.7. The zero-order chi connectivity index (χ0) is 27.2. The van der Waals surface area contributed by atoms with Gasteiger partial charge in [0, 0.05) is 11.1 Å². The fourth-order valence-electron chi connectivity index (χ4n) is 5.87. The van der Waals surface area contributed by atoms with Gasteiger partial charge in [-0.3, -0.25) is 0 Å². The number of quaternary nitrogens is 1. The molecule has 0 amide bonds. The van der Waals surface area contributed by atoms with E-state index in [0.717, 1.165) is 24.1 Å². The van der Waals surface area contributed by atoms with Crippen LogP contribution in [-0.2, 0) is 13.1 Å². The van der Waals surface area contributed by atoms with E-state index in [1.54, 1.807) is 0 Å². The van der Waals surface area contributed by atoms with Gasteiger partial charge in [-0.05, 0) is 12.8 Å². The topological polar surface area (TPSA) is 20.2 Å². The van der Waals surface area contributed by atoms with Crippen LogP contribution < -0.4 is 12.4 Å². The molecule has 0 bridgehead atoms. The summed E-state index contributed by atoms with van der Waals surface area (Å²) >= 11 is 6.11. The second-order valence-electron chi connectivity index (χ2n) is 11.6. The standard InChI is InChI=1S/C35H57ClNO.ClH/c1-2-3-4-5-6-7-8-9-10-11-12-13-14-15-16-23-28-37(32-35(38)29-36,30-33-24-19-17-20-25-33)31-34-26-21-18-22-27-34;/h17-22,24-27,35,38H,2-16,23,28-32H2,1H3;1H/q+1;/p-1. The first-order valence-corrected chi connectivity index (χ1v) is 16.4. The molecule has 0 saturated carbocycles. The lowest BCUT2D eigenvalue weighted by Gasteiger charge is -2.40. The minimum Gasteiger partial charge on any atom is -1.00 e. The fraction of sp³-hybridized carbons (Fsp3) is 0.657. The molecule has 0 aromatic heterocycles. The number of alkyl halides is 1. The normalized spacial score (nSPS) is 12.3. The van der Waals surface area contributed by atoms with Gasteiger partial charge in [-0.25, -0.2) is 0 Å². The number of hydrogen-bond acceptors (Lipinski definition) is 1. The van der Waals surface area contributed by atoms with Crippen LogP contribution >= 0.6 is 11.6 Å². The molecular formula is C35H57Cl2NO. The maximum absolute atomic E-state index is 10.6. The Morgan fingerprint density at radius 3 is 1.31 bits per heavy atom. The zero-order valence-electron chi connectivity index (χ0n) is 24.9. The predicted octanol–water partition coefficient (Wildman–Crippen LogP) is 7.07. The molecule has 0 aliphatic rings. The number of halogens is 2. The summed E-state index contributed by atoms with van der Waals surface area (Å²) in [5.74, 6) is 0.294. The Labute approximate surface area is 252 Å². The summed E-state index contributed by atoms with van der Waals surface area (Å²) in [5, 5.41) is 10.6. The highest BCUT2D eigenvalue weighted by atomic mass is 35.5. The first-order valence-electron chi connectivity index (χ1n) is 15.8. The quantitative estimate of drug-likeness (QED) is 0.0803. The summed E-state index contributed by atoms with van der Waals surface area (Å²) in [7, 11) is 0. The SMILES string of the molecule is CCCCCCCCCCCCCCCCCC[N+](Cc1ccccc1)(Cc1ccccc1)CC(O)CCl.[Cl-]. The van der Waals surface area contributed by atoms with E-state index in [9.17, 15) is 5.11 Å². The first-order chi connectivity index (χ1) is 18.7. The van der Waals surface area contributed by atoms with Gasteiger partial charge in [0.25, 0.3) is 0 Å². The molecule has 2 aromatic carbocycles. The van der Waals surface area contributed by atoms with E-state index in [4.69, 9.17) is 11.6 Å². The molecule has 0 heterocycles. The minimum absolute atomic E-state index is 0. The molecule has 2 aromatic rings. The van der Waals surface area contributed by atoms with Crippen LogP contribution in [0.4, 0.5) is 0 Å². The Morgan fingerprint density at radius 2 is 0.949 bits per heavy atom. The molecule has 222 valence electrons. The first kappa shape index (κ1) is 36.0. The predicted molar refractivity (Wildman–Crippen MR) is 167 cm³/mol. The second kappa shape index (κ2) is 23.6. The molecule has 2 rings (SSSR count). The van der Waals surface area contributed by atoms with Crippen LogP contribution in [0.2, 0.25) is 0 Å². The highest BCUT2D eigenvalue weighted by molar-refractivity contribution is 6.18. The molecule has 0 aliphatic heterocycles. The van der Waals surface area contributed by atoms with Crippen molar-refractivity contribution in [2.45, 2.75) is 129 Å². The lowest BCUT2D eigenvalue weighted by molar-refractivity contribution is -0.956. The Hall–Kier alpha value is -1.06. The van der Waals surface area contributed by atoms with Crippen molar-refractivity contribution in [3.63, 3.8) is 0 Å². The highest BCUT2D eigenvalue weighted by Gasteiger charge is 2.30. The molecule has 0 aliphatic carbocycles. The van der Waals surface area contributed by atoms with E-state index in [-0.39, 0.29) is 12.4 Å². The Kier molecular flexibility index (Phi) is 21.8. The van der Waals surface area contributed by atoms with Gasteiger partial charge in [0.2, 0.25) is 0 Å². The summed E-state index contributed by atoms with van der Waals surface area (Å²) in [6, 6.07) is 21.5. The van der Waals surface area contributed by atoms with Crippen LogP contribution in [0.3, 0.4) is 0 Å². The molecule has 1 N–H and O–H groups in total. The van der Waals surface area contributed by atoms with Crippen molar-refractivity contribution in [2.75, 3.05) is 19.0 Å². The Morgan fingerprint density at radius 1 is 0.590 bits per heavy atom. The lowest BCUT2D eigenvalue weighted by atomic mass is 10.0. The number of unbranched alkanes of at least 4 members (excludes halogenated alkanes) is 15. The van der Waals surface area contributed by atoms with Crippen molar-refractivity contribution in [1.29, 1.82) is 0 Å². The van der Waals surface area contributed by atoms with E-state index < -0.39 is 6.10 Å². The van der Waals surface area contributed by atoms with Crippen LogP contribution in [0.15, 0.2) is 60.7 Å². The van der Waals surface area contributed by atoms with E-state index >= 15 is 0 Å². The second-order valence-corrected chi connectivity index (χ2v) is 12.0. The van der Waals surface area contributed by atoms with E-state index in [0.29, 0.717) is 12.4 Å². The Balaban J connectivity index is 0.00000760. The van der Waals surface area contributed by atoms with E-state index in [2.05, 4.69) is 67.6 Å². The average molecular weight is 579 g/mol. The largest absolute Gasteiger partial charge is 1.00 e. The van der Waals surface area contributed by atoms with Crippen molar-refractivity contribution in [3.8, 4) is 0 Å². The maximum Gasteiger partial charge on any atom is 0.116 e. The molecule has 39 heavy (non-hydrogen) atoms. The molecule has 1 atom stereocenters. The fourth-order valence-corrected chi connectivity index (χ4v) is 5.96. The molecule has 0 saturated heterocycles. The third-order valence-electron chi connectivity index (χ3n) is 7.98. The number of nitrogens with zero attached hydrogens (tertiary/aromatic N) is 1. The summed E-state index contributed by atoms with van der Waals surface area (Å²) in [4.78, 5) is 0. The van der Waals surface area contributed by atoms with Crippen LogP contribution in [0.25, 0.3) is 0 Å². The minimum atomic E-state index is -0.481. The monoisotopic (exact) mass is 577 g/mol. The lowest BCUT2D eigenvalue weighted by Crippen LogP contribution is -3.00. The number of aliphatic hydroxyl groups is 1. The maximum atomic E-state index is 10.6. The number of aliphatic hydroxyl groups excluding tert-OH is 1. The van der Waals surface area contributed by atoms with Crippen molar-refractivity contribution in [1.82, 2.24) is 0 Å². The Bertz CT molecular complexity index is 744. The molecule has 0 spiro atoms. The number of rotatable bonds is 24. The van der Waals surface area contributed by atoms with Gasteiger partial charge in [0.1, 0.15) is 25.7 Å². The number of benzene rings is 2. The van der Waals surface area contributed by atoms with Gasteiger partial charge < -0.3 is 22.0 Å². The molecule has 0 fully saturated rings. The summed E-state index contributed by atoms with van der Waals surface area (Å²) < 4.78 is 0.862. The van der Waals surface area contributed by atoms with Crippen LogP contribution in [-0.4, -0.2) is 34.7 Å². The van der Waals surface area contributed by atoms with Gasteiger partial charge >= 0.3 is 0 Å². The van der Waals surface area contributed by atoms with Crippen molar-refractivity contribution >= 4 is 11.6 Å². The van der Waals surface area contributed by atoms with Crippen molar-refractivity contribution in [2.24, 2.45) is 0 Å². The van der Waals surface area contributed by atoms with Gasteiger partial charge in [0.15, 0.2) is 0 Å². The average Bonchev–Trinajstić information content (AvgIpc) is 2.94. The third-order valence-corrected chi connectivity index (χ3v) is 8.34. The zero-order valence-corrected chi connectivity index (χ0v) is 26.4. The van der Waals surface area contributed by atoms with Crippen LogP contribution in [0.5, 0.6) is 0 Å². The highest BCUT2D eigenvalue weighted by Crippen LogP contribution is 2.23. The molecule has 2 nitrogen and oxygen atoms in total.